The van der Waals surface area contributed by atoms with Crippen LogP contribution >= 0.6 is 0 Å². The third-order valence-electron chi connectivity index (χ3n) is 4.42. The van der Waals surface area contributed by atoms with Gasteiger partial charge >= 0.3 is 0 Å². The molecule has 1 heteroatoms. The number of rotatable bonds is 0. The molecule has 0 aromatic heterocycles. The topological polar surface area (TPSA) is 0 Å². The molecule has 74 valence electrons. The van der Waals surface area contributed by atoms with Crippen molar-refractivity contribution < 1.29 is 0 Å². The van der Waals surface area contributed by atoms with E-state index in [2.05, 4.69) is 20.8 Å². The van der Waals surface area contributed by atoms with E-state index in [0.717, 1.165) is 18.5 Å². The zero-order valence-electron chi connectivity index (χ0n) is 9.47. The van der Waals surface area contributed by atoms with Crippen molar-refractivity contribution in [1.82, 2.24) is 0 Å². The summed E-state index contributed by atoms with van der Waals surface area (Å²) >= 11 is 0. The van der Waals surface area contributed by atoms with Gasteiger partial charge in [-0.05, 0) is 18.3 Å². The van der Waals surface area contributed by atoms with Crippen LogP contribution in [0.1, 0.15) is 46.5 Å². The molecule has 1 saturated carbocycles. The maximum Gasteiger partial charge on any atom is 0.145 e. The molecule has 1 aliphatic carbocycles. The second-order valence-corrected chi connectivity index (χ2v) is 6.42. The van der Waals surface area contributed by atoms with Crippen molar-refractivity contribution in [3.63, 3.8) is 0 Å². The van der Waals surface area contributed by atoms with Crippen LogP contribution in [0.3, 0.4) is 0 Å². The lowest BCUT2D eigenvalue weighted by atomic mass is 9.30. The molecule has 2 unspecified atom stereocenters. The van der Waals surface area contributed by atoms with Gasteiger partial charge in [0.2, 0.25) is 0 Å². The van der Waals surface area contributed by atoms with Crippen molar-refractivity contribution in [2.75, 3.05) is 0 Å². The SMILES string of the molecule is CC(C)(C)B1CCC2CCC(C1)C2. The molecule has 2 atom stereocenters. The van der Waals surface area contributed by atoms with Gasteiger partial charge in [0, 0.05) is 0 Å². The van der Waals surface area contributed by atoms with E-state index in [9.17, 15) is 0 Å². The Morgan fingerprint density at radius 2 is 1.69 bits per heavy atom. The van der Waals surface area contributed by atoms with Crippen LogP contribution in [0.25, 0.3) is 0 Å². The lowest BCUT2D eigenvalue weighted by Gasteiger charge is -2.29. The van der Waals surface area contributed by atoms with Gasteiger partial charge in [-0.1, -0.05) is 58.0 Å². The van der Waals surface area contributed by atoms with E-state index >= 15 is 0 Å². The third-order valence-corrected chi connectivity index (χ3v) is 4.42. The summed E-state index contributed by atoms with van der Waals surface area (Å²) in [5.74, 6) is 2.20. The Hall–Kier alpha value is 0.0649. The van der Waals surface area contributed by atoms with Crippen LogP contribution in [0.15, 0.2) is 0 Å². The minimum atomic E-state index is 0.560. The first-order valence-corrected chi connectivity index (χ1v) is 6.05. The van der Waals surface area contributed by atoms with E-state index in [1.165, 1.54) is 25.5 Å². The molecular weight excluding hydrogens is 155 g/mol. The van der Waals surface area contributed by atoms with Crippen molar-refractivity contribution in [3.05, 3.63) is 0 Å². The highest BCUT2D eigenvalue weighted by molar-refractivity contribution is 6.62. The Kier molecular flexibility index (Phi) is 2.46. The largest absolute Gasteiger partial charge is 0.145 e. The summed E-state index contributed by atoms with van der Waals surface area (Å²) in [4.78, 5) is 0. The monoisotopic (exact) mass is 178 g/mol. The first kappa shape index (κ1) is 9.61. The van der Waals surface area contributed by atoms with Crippen LogP contribution in [-0.2, 0) is 0 Å². The maximum atomic E-state index is 2.43. The van der Waals surface area contributed by atoms with Gasteiger partial charge in [0.15, 0.2) is 0 Å². The third kappa shape index (κ3) is 2.11. The molecule has 0 radical (unpaired) electrons. The van der Waals surface area contributed by atoms with Crippen LogP contribution in [0.2, 0.25) is 18.0 Å². The molecule has 0 spiro atoms. The predicted octanol–water partition coefficient (Wildman–Crippen LogP) is 4.10. The van der Waals surface area contributed by atoms with Gasteiger partial charge in [0.1, 0.15) is 6.71 Å². The molecule has 1 aliphatic heterocycles. The lowest BCUT2D eigenvalue weighted by Crippen LogP contribution is -2.26. The van der Waals surface area contributed by atoms with Gasteiger partial charge in [0.25, 0.3) is 0 Å². The summed E-state index contributed by atoms with van der Waals surface area (Å²) in [7, 11) is 0. The van der Waals surface area contributed by atoms with Crippen molar-refractivity contribution in [2.45, 2.75) is 64.4 Å². The van der Waals surface area contributed by atoms with E-state index in [-0.39, 0.29) is 0 Å². The first-order chi connectivity index (χ1) is 6.05. The molecule has 0 amide bonds. The minimum Gasteiger partial charge on any atom is -0.0735 e. The highest BCUT2D eigenvalue weighted by Gasteiger charge is 2.37. The Morgan fingerprint density at radius 3 is 2.38 bits per heavy atom. The zero-order chi connectivity index (χ0) is 9.47. The molecule has 0 aromatic rings. The molecule has 0 nitrogen and oxygen atoms in total. The van der Waals surface area contributed by atoms with Gasteiger partial charge < -0.3 is 0 Å². The summed E-state index contributed by atoms with van der Waals surface area (Å²) in [6.45, 7) is 8.28. The summed E-state index contributed by atoms with van der Waals surface area (Å²) in [6.07, 6.45) is 9.20. The van der Waals surface area contributed by atoms with Gasteiger partial charge in [-0.3, -0.25) is 0 Å². The molecule has 1 saturated heterocycles. The quantitative estimate of drug-likeness (QED) is 0.490. The molecular formula is C12H23B. The maximum absolute atomic E-state index is 2.43. The lowest BCUT2D eigenvalue weighted by molar-refractivity contribution is 0.513. The molecule has 2 bridgehead atoms. The van der Waals surface area contributed by atoms with E-state index < -0.39 is 0 Å². The summed E-state index contributed by atoms with van der Waals surface area (Å²) in [6, 6.07) is 0. The molecule has 0 aromatic carbocycles. The van der Waals surface area contributed by atoms with Gasteiger partial charge in [0.05, 0.1) is 0 Å². The number of fused-ring (bicyclic) bond motifs is 2. The standard InChI is InChI=1S/C12H23B/c1-12(2,3)13-7-6-10-4-5-11(8-10)9-13/h10-11H,4-9H2,1-3H3. The van der Waals surface area contributed by atoms with Gasteiger partial charge in [-0.15, -0.1) is 0 Å². The van der Waals surface area contributed by atoms with Crippen molar-refractivity contribution in [1.29, 1.82) is 0 Å². The van der Waals surface area contributed by atoms with Crippen molar-refractivity contribution in [2.24, 2.45) is 11.8 Å². The fraction of sp³-hybridized carbons (Fsp3) is 1.00. The Morgan fingerprint density at radius 1 is 1.00 bits per heavy atom. The fourth-order valence-electron chi connectivity index (χ4n) is 3.40. The van der Waals surface area contributed by atoms with Crippen LogP contribution in [0, 0.1) is 11.8 Å². The highest BCUT2D eigenvalue weighted by Crippen LogP contribution is 2.46. The molecule has 2 fully saturated rings. The first-order valence-electron chi connectivity index (χ1n) is 6.05. The van der Waals surface area contributed by atoms with Gasteiger partial charge in [-0.2, -0.15) is 0 Å². The smallest absolute Gasteiger partial charge is 0.0735 e. The summed E-state index contributed by atoms with van der Waals surface area (Å²) < 4.78 is 0. The Bertz CT molecular complexity index is 180. The second-order valence-electron chi connectivity index (χ2n) is 6.42. The second kappa shape index (κ2) is 3.33. The van der Waals surface area contributed by atoms with Gasteiger partial charge in [-0.25, -0.2) is 0 Å². The summed E-state index contributed by atoms with van der Waals surface area (Å²) in [5.41, 5.74) is 0. The fourth-order valence-corrected chi connectivity index (χ4v) is 3.40. The van der Waals surface area contributed by atoms with E-state index in [1.54, 1.807) is 12.8 Å². The van der Waals surface area contributed by atoms with Crippen LogP contribution in [-0.4, -0.2) is 6.71 Å². The minimum absolute atomic E-state index is 0.560. The molecule has 1 heterocycles. The molecule has 0 N–H and O–H groups in total. The average molecular weight is 178 g/mol. The van der Waals surface area contributed by atoms with E-state index in [1.807, 2.05) is 0 Å². The summed E-state index contributed by atoms with van der Waals surface area (Å²) in [5, 5.41) is 0.560. The molecule has 2 rings (SSSR count). The number of hydrogen-bond acceptors (Lipinski definition) is 0. The number of hydrogen-bond donors (Lipinski definition) is 0. The normalized spacial score (nSPS) is 34.8. The van der Waals surface area contributed by atoms with Crippen LogP contribution < -0.4 is 0 Å². The Labute approximate surface area is 83.6 Å². The molecule has 13 heavy (non-hydrogen) atoms. The Balaban J connectivity index is 2.01. The zero-order valence-corrected chi connectivity index (χ0v) is 9.47. The molecule has 2 aliphatic rings. The van der Waals surface area contributed by atoms with Crippen LogP contribution in [0.4, 0.5) is 0 Å². The average Bonchev–Trinajstić information content (AvgIpc) is 2.27. The van der Waals surface area contributed by atoms with E-state index in [4.69, 9.17) is 0 Å². The highest BCUT2D eigenvalue weighted by atomic mass is 14.3. The van der Waals surface area contributed by atoms with E-state index in [0.29, 0.717) is 5.31 Å². The van der Waals surface area contributed by atoms with Crippen molar-refractivity contribution in [3.8, 4) is 0 Å². The predicted molar refractivity (Wildman–Crippen MR) is 60.5 cm³/mol. The van der Waals surface area contributed by atoms with Crippen molar-refractivity contribution >= 4 is 6.71 Å². The van der Waals surface area contributed by atoms with Crippen LogP contribution in [0.5, 0.6) is 0 Å².